The minimum absolute atomic E-state index is 0.0759. The Kier molecular flexibility index (Phi) is 5.20. The maximum Gasteiger partial charge on any atom is 0.332 e. The second-order valence-electron chi connectivity index (χ2n) is 6.05. The number of carbonyl (C=O) groups is 1. The minimum atomic E-state index is -0.638. The molecule has 0 unspecified atom stereocenters. The standard InChI is InChI=1S/C16H24N4O3/c1-4-9-20(11-7-5-6-8-11)10-12(21)13-14(17)18(2)16(23)19(3)15(13)22/h4,11H,1,5-10,17H2,2-3H3. The maximum atomic E-state index is 12.7. The number of aromatic nitrogens is 2. The summed E-state index contributed by atoms with van der Waals surface area (Å²) in [5.41, 5.74) is 4.56. The van der Waals surface area contributed by atoms with Gasteiger partial charge in [-0.15, -0.1) is 6.58 Å². The molecule has 0 aromatic carbocycles. The van der Waals surface area contributed by atoms with Gasteiger partial charge in [0.05, 0.1) is 6.54 Å². The van der Waals surface area contributed by atoms with Crippen LogP contribution >= 0.6 is 0 Å². The fourth-order valence-corrected chi connectivity index (χ4v) is 3.16. The van der Waals surface area contributed by atoms with Gasteiger partial charge >= 0.3 is 5.69 Å². The van der Waals surface area contributed by atoms with E-state index in [0.29, 0.717) is 12.6 Å². The summed E-state index contributed by atoms with van der Waals surface area (Å²) in [7, 11) is 2.80. The van der Waals surface area contributed by atoms with Gasteiger partial charge in [0.15, 0.2) is 5.78 Å². The summed E-state index contributed by atoms with van der Waals surface area (Å²) in [6.45, 7) is 4.43. The zero-order valence-corrected chi connectivity index (χ0v) is 13.7. The molecule has 1 aliphatic carbocycles. The van der Waals surface area contributed by atoms with Crippen molar-refractivity contribution in [3.63, 3.8) is 0 Å². The molecule has 1 heterocycles. The third kappa shape index (κ3) is 3.29. The van der Waals surface area contributed by atoms with Crippen LogP contribution in [-0.4, -0.2) is 38.9 Å². The predicted octanol–water partition coefficient (Wildman–Crippen LogP) is 0.280. The number of ketones is 1. The lowest BCUT2D eigenvalue weighted by molar-refractivity contribution is 0.0904. The molecule has 1 aromatic rings. The third-order valence-corrected chi connectivity index (χ3v) is 4.54. The van der Waals surface area contributed by atoms with Crippen LogP contribution in [0.3, 0.4) is 0 Å². The number of rotatable bonds is 6. The molecule has 0 bridgehead atoms. The van der Waals surface area contributed by atoms with Crippen LogP contribution in [0.15, 0.2) is 22.2 Å². The van der Waals surface area contributed by atoms with Crippen LogP contribution in [0.1, 0.15) is 36.0 Å². The lowest BCUT2D eigenvalue weighted by atomic mass is 10.1. The Bertz CT molecular complexity index is 726. The largest absolute Gasteiger partial charge is 0.384 e. The van der Waals surface area contributed by atoms with Crippen LogP contribution in [0.25, 0.3) is 0 Å². The predicted molar refractivity (Wildman–Crippen MR) is 89.7 cm³/mol. The highest BCUT2D eigenvalue weighted by Gasteiger charge is 2.27. The molecule has 1 aliphatic rings. The van der Waals surface area contributed by atoms with Gasteiger partial charge in [-0.2, -0.15) is 0 Å². The molecule has 0 aliphatic heterocycles. The molecule has 1 fully saturated rings. The molecule has 23 heavy (non-hydrogen) atoms. The summed E-state index contributed by atoms with van der Waals surface area (Å²) in [6.07, 6.45) is 6.14. The number of hydrogen-bond donors (Lipinski definition) is 1. The second kappa shape index (κ2) is 6.95. The Labute approximate surface area is 135 Å². The summed E-state index contributed by atoms with van der Waals surface area (Å²) >= 11 is 0. The highest BCUT2D eigenvalue weighted by Crippen LogP contribution is 2.23. The van der Waals surface area contributed by atoms with Crippen LogP contribution < -0.4 is 17.0 Å². The Morgan fingerprint density at radius 2 is 1.91 bits per heavy atom. The smallest absolute Gasteiger partial charge is 0.332 e. The van der Waals surface area contributed by atoms with Crippen molar-refractivity contribution in [2.75, 3.05) is 18.8 Å². The Morgan fingerprint density at radius 1 is 1.30 bits per heavy atom. The van der Waals surface area contributed by atoms with E-state index in [1.54, 1.807) is 6.08 Å². The Hall–Kier alpha value is -2.15. The lowest BCUT2D eigenvalue weighted by Crippen LogP contribution is -2.44. The van der Waals surface area contributed by atoms with Crippen molar-refractivity contribution >= 4 is 11.6 Å². The first-order chi connectivity index (χ1) is 10.9. The van der Waals surface area contributed by atoms with Crippen LogP contribution in [0.5, 0.6) is 0 Å². The number of carbonyl (C=O) groups excluding carboxylic acids is 1. The molecular formula is C16H24N4O3. The molecule has 0 atom stereocenters. The number of anilines is 1. The molecule has 1 aromatic heterocycles. The average molecular weight is 320 g/mol. The van der Waals surface area contributed by atoms with Gasteiger partial charge in [-0.05, 0) is 12.8 Å². The minimum Gasteiger partial charge on any atom is -0.384 e. The fourth-order valence-electron chi connectivity index (χ4n) is 3.16. The molecule has 0 spiro atoms. The van der Waals surface area contributed by atoms with Crippen LogP contribution in [-0.2, 0) is 14.1 Å². The van der Waals surface area contributed by atoms with E-state index in [9.17, 15) is 14.4 Å². The van der Waals surface area contributed by atoms with Gasteiger partial charge in [0.25, 0.3) is 5.56 Å². The Morgan fingerprint density at radius 3 is 2.48 bits per heavy atom. The zero-order chi connectivity index (χ0) is 17.1. The van der Waals surface area contributed by atoms with Crippen molar-refractivity contribution in [1.82, 2.24) is 14.0 Å². The summed E-state index contributed by atoms with van der Waals surface area (Å²) in [5.74, 6) is -0.430. The van der Waals surface area contributed by atoms with Crippen LogP contribution in [0.2, 0.25) is 0 Å². The third-order valence-electron chi connectivity index (χ3n) is 4.54. The maximum absolute atomic E-state index is 12.7. The monoisotopic (exact) mass is 320 g/mol. The van der Waals surface area contributed by atoms with E-state index in [2.05, 4.69) is 6.58 Å². The molecule has 7 nitrogen and oxygen atoms in total. The topological polar surface area (TPSA) is 90.3 Å². The molecular weight excluding hydrogens is 296 g/mol. The fraction of sp³-hybridized carbons (Fsp3) is 0.562. The first-order valence-electron chi connectivity index (χ1n) is 7.82. The van der Waals surface area contributed by atoms with E-state index in [1.807, 2.05) is 4.90 Å². The van der Waals surface area contributed by atoms with E-state index in [-0.39, 0.29) is 23.7 Å². The van der Waals surface area contributed by atoms with Gasteiger partial charge in [0.2, 0.25) is 0 Å². The van der Waals surface area contributed by atoms with Crippen molar-refractivity contribution in [2.24, 2.45) is 14.1 Å². The summed E-state index contributed by atoms with van der Waals surface area (Å²) in [4.78, 5) is 38.8. The summed E-state index contributed by atoms with van der Waals surface area (Å²) < 4.78 is 2.04. The first-order valence-corrected chi connectivity index (χ1v) is 7.82. The van der Waals surface area contributed by atoms with Crippen molar-refractivity contribution in [3.05, 3.63) is 39.1 Å². The molecule has 0 saturated heterocycles. The van der Waals surface area contributed by atoms with E-state index in [4.69, 9.17) is 5.73 Å². The zero-order valence-electron chi connectivity index (χ0n) is 13.7. The molecule has 7 heteroatoms. The number of nitrogens with zero attached hydrogens (tertiary/aromatic N) is 3. The molecule has 2 rings (SSSR count). The van der Waals surface area contributed by atoms with Crippen molar-refractivity contribution in [1.29, 1.82) is 0 Å². The van der Waals surface area contributed by atoms with Gasteiger partial charge in [0.1, 0.15) is 11.4 Å². The van der Waals surface area contributed by atoms with Gasteiger partial charge < -0.3 is 5.73 Å². The number of nitrogens with two attached hydrogens (primary N) is 1. The van der Waals surface area contributed by atoms with E-state index < -0.39 is 11.2 Å². The van der Waals surface area contributed by atoms with Crippen molar-refractivity contribution in [2.45, 2.75) is 31.7 Å². The number of hydrogen-bond acceptors (Lipinski definition) is 5. The Balaban J connectivity index is 2.34. The molecule has 2 N–H and O–H groups in total. The number of nitrogen functional groups attached to an aromatic ring is 1. The van der Waals surface area contributed by atoms with Crippen molar-refractivity contribution in [3.8, 4) is 0 Å². The molecule has 126 valence electrons. The van der Waals surface area contributed by atoms with E-state index in [1.165, 1.54) is 14.1 Å². The van der Waals surface area contributed by atoms with Crippen LogP contribution in [0, 0.1) is 0 Å². The van der Waals surface area contributed by atoms with Crippen LogP contribution in [0.4, 0.5) is 5.82 Å². The molecule has 0 radical (unpaired) electrons. The van der Waals surface area contributed by atoms with E-state index in [0.717, 1.165) is 34.8 Å². The van der Waals surface area contributed by atoms with Crippen molar-refractivity contribution < 1.29 is 4.79 Å². The lowest BCUT2D eigenvalue weighted by Gasteiger charge is -2.27. The summed E-state index contributed by atoms with van der Waals surface area (Å²) in [5, 5.41) is 0. The highest BCUT2D eigenvalue weighted by atomic mass is 16.2. The quantitative estimate of drug-likeness (QED) is 0.600. The first kappa shape index (κ1) is 17.2. The molecule has 0 amide bonds. The van der Waals surface area contributed by atoms with Gasteiger partial charge in [-0.25, -0.2) is 4.79 Å². The SMILES string of the molecule is C=CCN(CC(=O)c1c(N)n(C)c(=O)n(C)c1=O)C1CCCC1. The normalized spacial score (nSPS) is 15.3. The highest BCUT2D eigenvalue weighted by molar-refractivity contribution is 6.01. The van der Waals surface area contributed by atoms with Gasteiger partial charge in [-0.3, -0.25) is 23.6 Å². The average Bonchev–Trinajstić information content (AvgIpc) is 3.05. The van der Waals surface area contributed by atoms with Gasteiger partial charge in [-0.1, -0.05) is 18.9 Å². The number of Topliss-reactive ketones (excluding diaryl/α,β-unsaturated/α-hetero) is 1. The summed E-state index contributed by atoms with van der Waals surface area (Å²) in [6, 6.07) is 0.328. The van der Waals surface area contributed by atoms with E-state index >= 15 is 0 Å². The second-order valence-corrected chi connectivity index (χ2v) is 6.05. The molecule has 1 saturated carbocycles. The van der Waals surface area contributed by atoms with Gasteiger partial charge in [0, 0.05) is 26.7 Å².